The molecule has 88 valence electrons. The molecule has 0 spiro atoms. The molecular weight excluding hydrogens is 236 g/mol. The van der Waals surface area contributed by atoms with E-state index in [1.54, 1.807) is 11.8 Å². The number of hydrogen-bond donors (Lipinski definition) is 3. The molecule has 5 N–H and O–H groups in total. The molecule has 0 unspecified atom stereocenters. The van der Waals surface area contributed by atoms with Gasteiger partial charge >= 0.3 is 5.97 Å². The molecule has 0 saturated carbocycles. The van der Waals surface area contributed by atoms with Crippen molar-refractivity contribution in [3.63, 3.8) is 0 Å². The van der Waals surface area contributed by atoms with E-state index in [-0.39, 0.29) is 10.9 Å². The van der Waals surface area contributed by atoms with Crippen LogP contribution in [0.1, 0.15) is 6.42 Å². The molecule has 0 aliphatic carbocycles. The van der Waals surface area contributed by atoms with E-state index in [1.165, 1.54) is 0 Å². The summed E-state index contributed by atoms with van der Waals surface area (Å²) in [5, 5.41) is 8.30. The van der Waals surface area contributed by atoms with Gasteiger partial charge in [0.2, 0.25) is 5.12 Å². The van der Waals surface area contributed by atoms with Crippen LogP contribution in [0.4, 0.5) is 0 Å². The SMILES string of the molecule is CSCC[C@H](N)C(=O)SC[C@H](N)C(=O)O. The fraction of sp³-hybridized carbons (Fsp3) is 0.750. The average Bonchev–Trinajstić information content (AvgIpc) is 2.21. The zero-order chi connectivity index (χ0) is 11.8. The second kappa shape index (κ2) is 7.98. The molecule has 15 heavy (non-hydrogen) atoms. The lowest BCUT2D eigenvalue weighted by Crippen LogP contribution is -2.35. The number of carbonyl (C=O) groups excluding carboxylic acids is 1. The molecule has 0 saturated heterocycles. The minimum absolute atomic E-state index is 0.0706. The minimum atomic E-state index is -1.10. The average molecular weight is 252 g/mol. The van der Waals surface area contributed by atoms with Gasteiger partial charge < -0.3 is 16.6 Å². The van der Waals surface area contributed by atoms with E-state index in [9.17, 15) is 9.59 Å². The Balaban J connectivity index is 3.77. The fourth-order valence-corrected chi connectivity index (χ4v) is 2.02. The van der Waals surface area contributed by atoms with Crippen molar-refractivity contribution in [1.82, 2.24) is 0 Å². The van der Waals surface area contributed by atoms with Crippen LogP contribution in [0.15, 0.2) is 0 Å². The first-order chi connectivity index (χ1) is 6.99. The number of carboxylic acids is 1. The van der Waals surface area contributed by atoms with Crippen molar-refractivity contribution >= 4 is 34.6 Å². The minimum Gasteiger partial charge on any atom is -0.480 e. The van der Waals surface area contributed by atoms with Crippen LogP contribution in [0.25, 0.3) is 0 Å². The summed E-state index contributed by atoms with van der Waals surface area (Å²) in [6, 6.07) is -1.53. The Morgan fingerprint density at radius 1 is 1.33 bits per heavy atom. The molecule has 0 aromatic rings. The standard InChI is InChI=1S/C8H16N2O3S2/c1-14-3-2-5(9)8(13)15-4-6(10)7(11)12/h5-6H,2-4,9-10H2,1H3,(H,11,12)/t5-,6-/m0/s1. The Kier molecular flexibility index (Phi) is 7.85. The first-order valence-corrected chi connectivity index (χ1v) is 6.76. The monoisotopic (exact) mass is 252 g/mol. The third kappa shape index (κ3) is 6.77. The number of rotatable bonds is 7. The Morgan fingerprint density at radius 2 is 1.93 bits per heavy atom. The molecule has 5 nitrogen and oxygen atoms in total. The fourth-order valence-electron chi connectivity index (χ4n) is 0.713. The van der Waals surface area contributed by atoms with Crippen molar-refractivity contribution in [1.29, 1.82) is 0 Å². The number of carboxylic acid groups (broad SMARTS) is 1. The molecular formula is C8H16N2O3S2. The van der Waals surface area contributed by atoms with Crippen LogP contribution >= 0.6 is 23.5 Å². The number of carbonyl (C=O) groups is 2. The van der Waals surface area contributed by atoms with E-state index in [1.807, 2.05) is 6.26 Å². The maximum atomic E-state index is 11.4. The van der Waals surface area contributed by atoms with E-state index >= 15 is 0 Å². The van der Waals surface area contributed by atoms with Gasteiger partial charge in [-0.2, -0.15) is 11.8 Å². The number of aliphatic carboxylic acids is 1. The van der Waals surface area contributed by atoms with Crippen LogP contribution in [-0.4, -0.2) is 46.0 Å². The number of thioether (sulfide) groups is 2. The summed E-state index contributed by atoms with van der Waals surface area (Å²) in [5.74, 6) is -0.215. The van der Waals surface area contributed by atoms with Crippen molar-refractivity contribution in [3.05, 3.63) is 0 Å². The van der Waals surface area contributed by atoms with Crippen LogP contribution in [0.2, 0.25) is 0 Å². The van der Waals surface area contributed by atoms with Crippen molar-refractivity contribution < 1.29 is 14.7 Å². The van der Waals surface area contributed by atoms with Crippen LogP contribution in [0.3, 0.4) is 0 Å². The molecule has 7 heteroatoms. The maximum absolute atomic E-state index is 11.4. The highest BCUT2D eigenvalue weighted by Crippen LogP contribution is 2.10. The summed E-state index contributed by atoms with van der Waals surface area (Å²) in [5.41, 5.74) is 10.8. The van der Waals surface area contributed by atoms with Gasteiger partial charge in [0.05, 0.1) is 6.04 Å². The highest BCUT2D eigenvalue weighted by atomic mass is 32.2. The second-order valence-electron chi connectivity index (χ2n) is 2.96. The summed E-state index contributed by atoms with van der Waals surface area (Å²) in [7, 11) is 0. The molecule has 0 aliphatic rings. The Bertz CT molecular complexity index is 226. The Hall–Kier alpha value is -0.240. The summed E-state index contributed by atoms with van der Waals surface area (Å²) >= 11 is 2.51. The van der Waals surface area contributed by atoms with Gasteiger partial charge in [-0.3, -0.25) is 9.59 Å². The highest BCUT2D eigenvalue weighted by Gasteiger charge is 2.18. The van der Waals surface area contributed by atoms with E-state index in [0.29, 0.717) is 6.42 Å². The van der Waals surface area contributed by atoms with Crippen molar-refractivity contribution in [2.45, 2.75) is 18.5 Å². The van der Waals surface area contributed by atoms with Crippen LogP contribution in [0, 0.1) is 0 Å². The predicted octanol–water partition coefficient (Wildman–Crippen LogP) is -0.261. The molecule has 2 atom stereocenters. The lowest BCUT2D eigenvalue weighted by molar-refractivity contribution is -0.137. The van der Waals surface area contributed by atoms with E-state index in [4.69, 9.17) is 16.6 Å². The molecule has 0 amide bonds. The predicted molar refractivity (Wildman–Crippen MR) is 64.1 cm³/mol. The molecule has 0 aromatic heterocycles. The lowest BCUT2D eigenvalue weighted by Gasteiger charge is -2.10. The third-order valence-electron chi connectivity index (χ3n) is 1.66. The topological polar surface area (TPSA) is 106 Å². The van der Waals surface area contributed by atoms with Gasteiger partial charge in [0.25, 0.3) is 0 Å². The smallest absolute Gasteiger partial charge is 0.321 e. The first kappa shape index (κ1) is 14.8. The molecule has 0 bridgehead atoms. The highest BCUT2D eigenvalue weighted by molar-refractivity contribution is 8.13. The Labute approximate surface area is 97.3 Å². The van der Waals surface area contributed by atoms with Gasteiger partial charge in [0.15, 0.2) is 0 Å². The lowest BCUT2D eigenvalue weighted by atomic mass is 10.3. The van der Waals surface area contributed by atoms with Crippen LogP contribution in [-0.2, 0) is 9.59 Å². The molecule has 0 aromatic carbocycles. The number of nitrogens with two attached hydrogens (primary N) is 2. The first-order valence-electron chi connectivity index (χ1n) is 4.38. The van der Waals surface area contributed by atoms with Crippen molar-refractivity contribution in [2.75, 3.05) is 17.8 Å². The third-order valence-corrected chi connectivity index (χ3v) is 3.42. The van der Waals surface area contributed by atoms with E-state index < -0.39 is 18.1 Å². The van der Waals surface area contributed by atoms with Gasteiger partial charge in [-0.1, -0.05) is 11.8 Å². The Morgan fingerprint density at radius 3 is 2.40 bits per heavy atom. The summed E-state index contributed by atoms with van der Waals surface area (Å²) in [4.78, 5) is 21.7. The van der Waals surface area contributed by atoms with E-state index in [2.05, 4.69) is 0 Å². The quantitative estimate of drug-likeness (QED) is 0.573. The van der Waals surface area contributed by atoms with Gasteiger partial charge in [0, 0.05) is 5.75 Å². The van der Waals surface area contributed by atoms with E-state index in [0.717, 1.165) is 17.5 Å². The molecule has 0 fully saturated rings. The second-order valence-corrected chi connectivity index (χ2v) is 4.97. The van der Waals surface area contributed by atoms with Crippen molar-refractivity contribution in [2.24, 2.45) is 11.5 Å². The normalized spacial score (nSPS) is 14.6. The van der Waals surface area contributed by atoms with Gasteiger partial charge in [-0.25, -0.2) is 0 Å². The van der Waals surface area contributed by atoms with Crippen LogP contribution < -0.4 is 11.5 Å². The summed E-state index contributed by atoms with van der Waals surface area (Å²) < 4.78 is 0. The molecule has 0 heterocycles. The summed E-state index contributed by atoms with van der Waals surface area (Å²) in [6.45, 7) is 0. The molecule has 0 radical (unpaired) electrons. The zero-order valence-corrected chi connectivity index (χ0v) is 10.1. The molecule has 0 aliphatic heterocycles. The molecule has 0 rings (SSSR count). The zero-order valence-electron chi connectivity index (χ0n) is 8.51. The van der Waals surface area contributed by atoms with Gasteiger partial charge in [-0.05, 0) is 18.4 Å². The number of hydrogen-bond acceptors (Lipinski definition) is 6. The van der Waals surface area contributed by atoms with Crippen LogP contribution in [0.5, 0.6) is 0 Å². The maximum Gasteiger partial charge on any atom is 0.321 e. The van der Waals surface area contributed by atoms with Crippen molar-refractivity contribution in [3.8, 4) is 0 Å². The summed E-state index contributed by atoms with van der Waals surface area (Å²) in [6.07, 6.45) is 2.54. The van der Waals surface area contributed by atoms with Gasteiger partial charge in [-0.15, -0.1) is 0 Å². The van der Waals surface area contributed by atoms with Gasteiger partial charge in [0.1, 0.15) is 6.04 Å². The largest absolute Gasteiger partial charge is 0.480 e.